The van der Waals surface area contributed by atoms with Crippen molar-refractivity contribution in [3.05, 3.63) is 70.4 Å². The number of benzene rings is 2. The van der Waals surface area contributed by atoms with Crippen LogP contribution in [-0.4, -0.2) is 22.8 Å². The van der Waals surface area contributed by atoms with Crippen LogP contribution in [0.15, 0.2) is 42.5 Å². The zero-order valence-corrected chi connectivity index (χ0v) is 16.4. The number of thioether (sulfide) groups is 1. The van der Waals surface area contributed by atoms with Crippen LogP contribution in [0.3, 0.4) is 0 Å². The molecule has 138 valence electrons. The molecular formula is C21H21N3O2S. The first kappa shape index (κ1) is 17.7. The van der Waals surface area contributed by atoms with Gasteiger partial charge in [0.1, 0.15) is 11.6 Å². The summed E-state index contributed by atoms with van der Waals surface area (Å²) in [5.74, 6) is 2.97. The summed E-state index contributed by atoms with van der Waals surface area (Å²) in [5, 5.41) is 7.87. The number of carbonyl (C=O) groups excluding carboxylic acids is 1. The third-order valence-corrected chi connectivity index (χ3v) is 5.54. The first-order valence-corrected chi connectivity index (χ1v) is 9.93. The van der Waals surface area contributed by atoms with E-state index in [1.165, 1.54) is 11.1 Å². The quantitative estimate of drug-likeness (QED) is 0.725. The van der Waals surface area contributed by atoms with Crippen LogP contribution < -0.4 is 10.1 Å². The fraction of sp³-hybridized carbons (Fsp3) is 0.238. The highest BCUT2D eigenvalue weighted by molar-refractivity contribution is 7.98. The van der Waals surface area contributed by atoms with Crippen molar-refractivity contribution < 1.29 is 9.53 Å². The molecule has 5 nitrogen and oxygen atoms in total. The Morgan fingerprint density at radius 3 is 2.67 bits per heavy atom. The number of aryl methyl sites for hydroxylation is 2. The summed E-state index contributed by atoms with van der Waals surface area (Å²) in [7, 11) is 1.59. The van der Waals surface area contributed by atoms with Crippen molar-refractivity contribution in [2.24, 2.45) is 0 Å². The van der Waals surface area contributed by atoms with Gasteiger partial charge in [0, 0.05) is 22.6 Å². The molecule has 0 saturated heterocycles. The standard InChI is InChI=1S/C21H21N3O2S/c1-13-7-14(2)9-16(8-13)24-20(18-11-27-12-19(18)23-24)22-21(25)15-5-4-6-17(10-15)26-3/h4-10H,11-12H2,1-3H3,(H,22,25). The predicted octanol–water partition coefficient (Wildman–Crippen LogP) is 4.50. The van der Waals surface area contributed by atoms with Crippen molar-refractivity contribution in [2.45, 2.75) is 25.4 Å². The highest BCUT2D eigenvalue weighted by Crippen LogP contribution is 2.36. The van der Waals surface area contributed by atoms with Crippen LogP contribution in [0.1, 0.15) is 32.7 Å². The van der Waals surface area contributed by atoms with Crippen LogP contribution >= 0.6 is 11.8 Å². The highest BCUT2D eigenvalue weighted by atomic mass is 32.2. The Balaban J connectivity index is 1.74. The van der Waals surface area contributed by atoms with Gasteiger partial charge in [-0.25, -0.2) is 4.68 Å². The SMILES string of the molecule is COc1cccc(C(=O)Nc2c3c(nn2-c2cc(C)cc(C)c2)CSC3)c1. The summed E-state index contributed by atoms with van der Waals surface area (Å²) in [6.45, 7) is 4.13. The maximum Gasteiger partial charge on any atom is 0.256 e. The van der Waals surface area contributed by atoms with Gasteiger partial charge in [-0.15, -0.1) is 0 Å². The summed E-state index contributed by atoms with van der Waals surface area (Å²) < 4.78 is 7.10. The zero-order valence-electron chi connectivity index (χ0n) is 15.6. The molecule has 1 aliphatic rings. The van der Waals surface area contributed by atoms with Crippen molar-refractivity contribution in [1.82, 2.24) is 9.78 Å². The summed E-state index contributed by atoms with van der Waals surface area (Å²) >= 11 is 1.82. The second-order valence-electron chi connectivity index (χ2n) is 6.71. The first-order chi connectivity index (χ1) is 13.0. The van der Waals surface area contributed by atoms with Gasteiger partial charge in [0.05, 0.1) is 18.5 Å². The highest BCUT2D eigenvalue weighted by Gasteiger charge is 2.25. The molecule has 4 rings (SSSR count). The van der Waals surface area contributed by atoms with E-state index in [4.69, 9.17) is 9.84 Å². The molecule has 0 saturated carbocycles. The normalized spacial score (nSPS) is 12.7. The Bertz CT molecular complexity index is 1010. The molecule has 3 aromatic rings. The van der Waals surface area contributed by atoms with E-state index in [-0.39, 0.29) is 5.91 Å². The van der Waals surface area contributed by atoms with Crippen molar-refractivity contribution in [3.63, 3.8) is 0 Å². The number of nitrogens with zero attached hydrogens (tertiary/aromatic N) is 2. The van der Waals surface area contributed by atoms with Crippen LogP contribution in [-0.2, 0) is 11.5 Å². The Kier molecular flexibility index (Phi) is 4.66. The number of rotatable bonds is 4. The first-order valence-electron chi connectivity index (χ1n) is 8.78. The molecule has 1 aliphatic heterocycles. The van der Waals surface area contributed by atoms with Crippen LogP contribution in [0, 0.1) is 13.8 Å². The van der Waals surface area contributed by atoms with E-state index in [0.717, 1.165) is 34.3 Å². The third-order valence-electron chi connectivity index (χ3n) is 4.57. The second-order valence-corrected chi connectivity index (χ2v) is 7.70. The second kappa shape index (κ2) is 7.12. The molecule has 0 bridgehead atoms. The fourth-order valence-corrected chi connectivity index (χ4v) is 4.38. The van der Waals surface area contributed by atoms with E-state index in [9.17, 15) is 4.79 Å². The summed E-state index contributed by atoms with van der Waals surface area (Å²) in [4.78, 5) is 12.9. The molecule has 1 aromatic heterocycles. The van der Waals surface area contributed by atoms with E-state index in [2.05, 4.69) is 37.4 Å². The minimum Gasteiger partial charge on any atom is -0.497 e. The molecule has 0 aliphatic carbocycles. The van der Waals surface area contributed by atoms with Crippen LogP contribution in [0.4, 0.5) is 5.82 Å². The molecule has 2 aromatic carbocycles. The summed E-state index contributed by atoms with van der Waals surface area (Å²) in [6.07, 6.45) is 0. The largest absolute Gasteiger partial charge is 0.497 e. The summed E-state index contributed by atoms with van der Waals surface area (Å²) in [5.41, 5.74) is 6.01. The van der Waals surface area contributed by atoms with Gasteiger partial charge >= 0.3 is 0 Å². The number of hydrogen-bond acceptors (Lipinski definition) is 4. The van der Waals surface area contributed by atoms with Crippen LogP contribution in [0.5, 0.6) is 5.75 Å². The van der Waals surface area contributed by atoms with Crippen LogP contribution in [0.2, 0.25) is 0 Å². The number of hydrogen-bond donors (Lipinski definition) is 1. The van der Waals surface area contributed by atoms with Crippen LogP contribution in [0.25, 0.3) is 5.69 Å². The molecule has 6 heteroatoms. The molecular weight excluding hydrogens is 358 g/mol. The lowest BCUT2D eigenvalue weighted by molar-refractivity contribution is 0.102. The summed E-state index contributed by atoms with van der Waals surface area (Å²) in [6, 6.07) is 13.5. The Morgan fingerprint density at radius 2 is 1.93 bits per heavy atom. The van der Waals surface area contributed by atoms with E-state index in [1.54, 1.807) is 19.2 Å². The minimum atomic E-state index is -0.167. The topological polar surface area (TPSA) is 56.1 Å². The minimum absolute atomic E-state index is 0.167. The number of aromatic nitrogens is 2. The average molecular weight is 379 g/mol. The lowest BCUT2D eigenvalue weighted by atomic mass is 10.1. The van der Waals surface area contributed by atoms with Crippen molar-refractivity contribution in [1.29, 1.82) is 0 Å². The molecule has 1 N–H and O–H groups in total. The maximum atomic E-state index is 12.9. The smallest absolute Gasteiger partial charge is 0.256 e. The van der Waals surface area contributed by atoms with Gasteiger partial charge in [-0.2, -0.15) is 16.9 Å². The van der Waals surface area contributed by atoms with Gasteiger partial charge in [-0.1, -0.05) is 12.1 Å². The zero-order chi connectivity index (χ0) is 19.0. The Labute approximate surface area is 162 Å². The number of anilines is 1. The predicted molar refractivity (Wildman–Crippen MR) is 109 cm³/mol. The van der Waals surface area contributed by atoms with Crippen molar-refractivity contribution in [2.75, 3.05) is 12.4 Å². The molecule has 1 amide bonds. The van der Waals surface area contributed by atoms with Gasteiger partial charge in [-0.05, 0) is 55.3 Å². The van der Waals surface area contributed by atoms with E-state index < -0.39 is 0 Å². The van der Waals surface area contributed by atoms with Crippen molar-refractivity contribution >= 4 is 23.5 Å². The van der Waals surface area contributed by atoms with E-state index in [1.807, 2.05) is 28.6 Å². The van der Waals surface area contributed by atoms with Crippen molar-refractivity contribution in [3.8, 4) is 11.4 Å². The van der Waals surface area contributed by atoms with Gasteiger partial charge in [0.15, 0.2) is 0 Å². The molecule has 0 fully saturated rings. The van der Waals surface area contributed by atoms with Gasteiger partial charge in [0.2, 0.25) is 0 Å². The lowest BCUT2D eigenvalue weighted by Gasteiger charge is -2.13. The molecule has 0 unspecified atom stereocenters. The lowest BCUT2D eigenvalue weighted by Crippen LogP contribution is -2.16. The Morgan fingerprint density at radius 1 is 1.15 bits per heavy atom. The molecule has 0 atom stereocenters. The number of fused-ring (bicyclic) bond motifs is 1. The number of methoxy groups -OCH3 is 1. The number of ether oxygens (including phenoxy) is 1. The Hall–Kier alpha value is -2.73. The van der Waals surface area contributed by atoms with Gasteiger partial charge < -0.3 is 10.1 Å². The van der Waals surface area contributed by atoms with Gasteiger partial charge in [-0.3, -0.25) is 4.79 Å². The maximum absolute atomic E-state index is 12.9. The fourth-order valence-electron chi connectivity index (χ4n) is 3.35. The molecule has 0 radical (unpaired) electrons. The molecule has 2 heterocycles. The van der Waals surface area contributed by atoms with E-state index in [0.29, 0.717) is 11.3 Å². The number of carbonyl (C=O) groups is 1. The third kappa shape index (κ3) is 3.45. The molecule has 27 heavy (non-hydrogen) atoms. The van der Waals surface area contributed by atoms with Gasteiger partial charge in [0.25, 0.3) is 5.91 Å². The number of amides is 1. The number of nitrogens with one attached hydrogen (secondary N) is 1. The monoisotopic (exact) mass is 379 g/mol. The molecule has 0 spiro atoms. The van der Waals surface area contributed by atoms with E-state index >= 15 is 0 Å². The average Bonchev–Trinajstić information content (AvgIpc) is 3.23.